The van der Waals surface area contributed by atoms with Crippen molar-refractivity contribution >= 4 is 41.5 Å². The third-order valence-electron chi connectivity index (χ3n) is 2.74. The standard InChI is InChI=1S/C11H10BN3O3S/c16-11(15-10-5-19-6-13-10)14-8-2-1-7-4-18-12(17)9(7)3-8/h1-3,5-6,17H,4H2,(H2,14,15,16). The van der Waals surface area contributed by atoms with Crippen molar-refractivity contribution in [1.82, 2.24) is 4.98 Å². The first kappa shape index (κ1) is 12.2. The van der Waals surface area contributed by atoms with Gasteiger partial charge in [0.05, 0.1) is 12.1 Å². The average Bonchev–Trinajstić information content (AvgIpc) is 3.00. The maximum absolute atomic E-state index is 11.7. The van der Waals surface area contributed by atoms with Gasteiger partial charge in [0, 0.05) is 11.1 Å². The smallest absolute Gasteiger partial charge is 0.423 e. The van der Waals surface area contributed by atoms with E-state index in [4.69, 9.17) is 4.65 Å². The molecule has 0 spiro atoms. The minimum absolute atomic E-state index is 0.376. The van der Waals surface area contributed by atoms with Crippen LogP contribution >= 0.6 is 11.3 Å². The molecule has 96 valence electrons. The van der Waals surface area contributed by atoms with E-state index in [0.717, 1.165) is 5.56 Å². The quantitative estimate of drug-likeness (QED) is 0.714. The molecule has 1 aliphatic heterocycles. The highest BCUT2D eigenvalue weighted by Crippen LogP contribution is 2.15. The fourth-order valence-corrected chi connectivity index (χ4v) is 2.33. The maximum Gasteiger partial charge on any atom is 0.491 e. The summed E-state index contributed by atoms with van der Waals surface area (Å²) in [6.45, 7) is 0.391. The molecule has 0 saturated carbocycles. The predicted molar refractivity (Wildman–Crippen MR) is 73.6 cm³/mol. The minimum Gasteiger partial charge on any atom is -0.423 e. The van der Waals surface area contributed by atoms with E-state index in [1.807, 2.05) is 6.07 Å². The molecule has 6 nitrogen and oxygen atoms in total. The number of aromatic nitrogens is 1. The molecule has 8 heteroatoms. The Hall–Kier alpha value is -1.90. The number of amides is 2. The molecule has 0 saturated heterocycles. The molecular weight excluding hydrogens is 265 g/mol. The van der Waals surface area contributed by atoms with Crippen LogP contribution in [0.25, 0.3) is 0 Å². The zero-order valence-corrected chi connectivity index (χ0v) is 10.6. The van der Waals surface area contributed by atoms with Crippen molar-refractivity contribution in [1.29, 1.82) is 0 Å². The summed E-state index contributed by atoms with van der Waals surface area (Å²) in [6, 6.07) is 4.91. The Morgan fingerprint density at radius 1 is 1.47 bits per heavy atom. The molecule has 19 heavy (non-hydrogen) atoms. The number of carbonyl (C=O) groups excluding carboxylic acids is 1. The van der Waals surface area contributed by atoms with E-state index in [9.17, 15) is 9.82 Å². The summed E-state index contributed by atoms with van der Waals surface area (Å²) in [5.41, 5.74) is 3.85. The van der Waals surface area contributed by atoms with Gasteiger partial charge in [-0.2, -0.15) is 0 Å². The largest absolute Gasteiger partial charge is 0.491 e. The molecule has 0 radical (unpaired) electrons. The van der Waals surface area contributed by atoms with Crippen LogP contribution in [0, 0.1) is 0 Å². The molecule has 2 aromatic rings. The third kappa shape index (κ3) is 2.60. The number of benzene rings is 1. The lowest BCUT2D eigenvalue weighted by Crippen LogP contribution is -2.29. The van der Waals surface area contributed by atoms with Crippen LogP contribution in [-0.2, 0) is 11.3 Å². The van der Waals surface area contributed by atoms with Crippen LogP contribution in [0.2, 0.25) is 0 Å². The van der Waals surface area contributed by atoms with Crippen LogP contribution < -0.4 is 16.1 Å². The van der Waals surface area contributed by atoms with Gasteiger partial charge < -0.3 is 15.0 Å². The highest BCUT2D eigenvalue weighted by atomic mass is 32.1. The Labute approximate surface area is 113 Å². The van der Waals surface area contributed by atoms with Gasteiger partial charge in [-0.05, 0) is 23.2 Å². The second-order valence-corrected chi connectivity index (χ2v) is 4.75. The second kappa shape index (κ2) is 5.00. The number of carbonyl (C=O) groups is 1. The van der Waals surface area contributed by atoms with Gasteiger partial charge >= 0.3 is 13.1 Å². The van der Waals surface area contributed by atoms with Gasteiger partial charge in [0.2, 0.25) is 0 Å². The molecule has 1 aromatic carbocycles. The molecule has 1 aliphatic rings. The number of rotatable bonds is 2. The summed E-state index contributed by atoms with van der Waals surface area (Å²) in [4.78, 5) is 15.7. The van der Waals surface area contributed by atoms with Crippen molar-refractivity contribution in [3.8, 4) is 0 Å². The normalized spacial score (nSPS) is 13.2. The number of hydrogen-bond acceptors (Lipinski definition) is 5. The van der Waals surface area contributed by atoms with Gasteiger partial charge in [0.15, 0.2) is 0 Å². The molecule has 0 atom stereocenters. The lowest BCUT2D eigenvalue weighted by molar-refractivity contribution is 0.262. The van der Waals surface area contributed by atoms with Crippen molar-refractivity contribution in [2.24, 2.45) is 0 Å². The Morgan fingerprint density at radius 3 is 3.16 bits per heavy atom. The summed E-state index contributed by atoms with van der Waals surface area (Å²) >= 11 is 1.40. The van der Waals surface area contributed by atoms with Crippen molar-refractivity contribution in [2.45, 2.75) is 6.61 Å². The lowest BCUT2D eigenvalue weighted by Gasteiger charge is -2.07. The molecule has 2 heterocycles. The van der Waals surface area contributed by atoms with Crippen LogP contribution in [0.15, 0.2) is 29.1 Å². The Morgan fingerprint density at radius 2 is 2.37 bits per heavy atom. The van der Waals surface area contributed by atoms with Crippen LogP contribution in [0.1, 0.15) is 5.56 Å². The van der Waals surface area contributed by atoms with Crippen molar-refractivity contribution in [3.63, 3.8) is 0 Å². The number of nitrogens with zero attached hydrogens (tertiary/aromatic N) is 1. The zero-order chi connectivity index (χ0) is 13.2. The fraction of sp³-hybridized carbons (Fsp3) is 0.0909. The van der Waals surface area contributed by atoms with Gasteiger partial charge in [0.1, 0.15) is 5.82 Å². The first-order chi connectivity index (χ1) is 9.22. The number of fused-ring (bicyclic) bond motifs is 1. The van der Waals surface area contributed by atoms with Crippen molar-refractivity contribution < 1.29 is 14.5 Å². The van der Waals surface area contributed by atoms with E-state index in [2.05, 4.69) is 15.6 Å². The maximum atomic E-state index is 11.7. The Kier molecular flexibility index (Phi) is 3.20. The Balaban J connectivity index is 1.70. The van der Waals surface area contributed by atoms with Crippen LogP contribution in [-0.4, -0.2) is 23.2 Å². The van der Waals surface area contributed by atoms with Crippen LogP contribution in [0.5, 0.6) is 0 Å². The number of anilines is 2. The number of thiazole rings is 1. The van der Waals surface area contributed by atoms with Gasteiger partial charge in [-0.25, -0.2) is 9.78 Å². The van der Waals surface area contributed by atoms with E-state index >= 15 is 0 Å². The molecule has 0 unspecified atom stereocenters. The van der Waals surface area contributed by atoms with Crippen LogP contribution in [0.3, 0.4) is 0 Å². The average molecular weight is 275 g/mol. The first-order valence-electron chi connectivity index (χ1n) is 5.61. The van der Waals surface area contributed by atoms with Crippen molar-refractivity contribution in [2.75, 3.05) is 10.6 Å². The molecule has 3 N–H and O–H groups in total. The number of hydrogen-bond donors (Lipinski definition) is 3. The summed E-state index contributed by atoms with van der Waals surface area (Å²) in [7, 11) is -0.918. The summed E-state index contributed by atoms with van der Waals surface area (Å²) < 4.78 is 5.09. The van der Waals surface area contributed by atoms with Gasteiger partial charge in [-0.3, -0.25) is 5.32 Å². The summed E-state index contributed by atoms with van der Waals surface area (Å²) in [6.07, 6.45) is 0. The van der Waals surface area contributed by atoms with Gasteiger partial charge in [-0.15, -0.1) is 11.3 Å². The van der Waals surface area contributed by atoms with Crippen LogP contribution in [0.4, 0.5) is 16.3 Å². The fourth-order valence-electron chi connectivity index (χ4n) is 1.85. The molecule has 0 fully saturated rings. The first-order valence-corrected chi connectivity index (χ1v) is 6.55. The van der Waals surface area contributed by atoms with E-state index < -0.39 is 7.12 Å². The number of nitrogens with one attached hydrogen (secondary N) is 2. The van der Waals surface area contributed by atoms with E-state index in [-0.39, 0.29) is 6.03 Å². The Bertz CT molecular complexity index is 605. The molecule has 0 bridgehead atoms. The minimum atomic E-state index is -0.918. The van der Waals surface area contributed by atoms with Crippen molar-refractivity contribution in [3.05, 3.63) is 34.7 Å². The lowest BCUT2D eigenvalue weighted by atomic mass is 9.79. The van der Waals surface area contributed by atoms with E-state index in [1.54, 1.807) is 23.0 Å². The topological polar surface area (TPSA) is 83.5 Å². The molecule has 1 aromatic heterocycles. The summed E-state index contributed by atoms with van der Waals surface area (Å²) in [5, 5.41) is 16.6. The molecule has 0 aliphatic carbocycles. The van der Waals surface area contributed by atoms with Gasteiger partial charge in [-0.1, -0.05) is 6.07 Å². The summed E-state index contributed by atoms with van der Waals surface area (Å²) in [5.74, 6) is 0.507. The highest BCUT2D eigenvalue weighted by Gasteiger charge is 2.27. The molecule has 2 amide bonds. The second-order valence-electron chi connectivity index (χ2n) is 4.03. The molecular formula is C11H10BN3O3S. The zero-order valence-electron chi connectivity index (χ0n) is 9.79. The molecule has 3 rings (SSSR count). The monoisotopic (exact) mass is 275 g/mol. The van der Waals surface area contributed by atoms with E-state index in [0.29, 0.717) is 23.6 Å². The van der Waals surface area contributed by atoms with E-state index in [1.165, 1.54) is 11.3 Å². The van der Waals surface area contributed by atoms with Gasteiger partial charge in [0.25, 0.3) is 0 Å². The third-order valence-corrected chi connectivity index (χ3v) is 3.33. The number of urea groups is 1. The SMILES string of the molecule is O=C(Nc1ccc2c(c1)B(O)OC2)Nc1cscn1. The highest BCUT2D eigenvalue weighted by molar-refractivity contribution is 7.07. The predicted octanol–water partition coefficient (Wildman–Crippen LogP) is 1.00.